The summed E-state index contributed by atoms with van der Waals surface area (Å²) in [5.74, 6) is -0.918. The van der Waals surface area contributed by atoms with E-state index < -0.39 is 17.3 Å². The first-order valence-corrected chi connectivity index (χ1v) is 11.0. The molecular weight excluding hydrogens is 445 g/mol. The number of amides is 2. The van der Waals surface area contributed by atoms with Crippen LogP contribution < -0.4 is 10.6 Å². The Balaban J connectivity index is 2.07. The molecule has 0 atom stereocenters. The lowest BCUT2D eigenvalue weighted by Crippen LogP contribution is -2.36. The summed E-state index contributed by atoms with van der Waals surface area (Å²) in [6.07, 6.45) is 1.55. The van der Waals surface area contributed by atoms with Gasteiger partial charge in [0.2, 0.25) is 0 Å². The number of anilines is 2. The molecule has 0 aliphatic rings. The van der Waals surface area contributed by atoms with E-state index in [4.69, 9.17) is 0 Å². The molecule has 0 radical (unpaired) electrons. The molecule has 174 valence electrons. The molecule has 8 nitrogen and oxygen atoms in total. The molecule has 0 aliphatic heterocycles. The van der Waals surface area contributed by atoms with Gasteiger partial charge in [-0.3, -0.25) is 9.59 Å². The Bertz CT molecular complexity index is 1180. The number of benzene rings is 1. The van der Waals surface area contributed by atoms with Gasteiger partial charge in [0.05, 0.1) is 23.3 Å². The Kier molecular flexibility index (Phi) is 7.09. The minimum atomic E-state index is -0.706. The fourth-order valence-electron chi connectivity index (χ4n) is 3.09. The molecular formula is C23H26FN5O3S. The predicted molar refractivity (Wildman–Crippen MR) is 127 cm³/mol. The van der Waals surface area contributed by atoms with Crippen molar-refractivity contribution in [3.8, 4) is 11.1 Å². The Labute approximate surface area is 195 Å². The highest BCUT2D eigenvalue weighted by Crippen LogP contribution is 2.30. The van der Waals surface area contributed by atoms with Gasteiger partial charge in [-0.25, -0.2) is 9.37 Å². The van der Waals surface area contributed by atoms with Gasteiger partial charge in [-0.05, 0) is 67.7 Å². The van der Waals surface area contributed by atoms with Crippen LogP contribution in [0.15, 0.2) is 35.8 Å². The van der Waals surface area contributed by atoms with Crippen molar-refractivity contribution >= 4 is 35.0 Å². The Morgan fingerprint density at radius 2 is 1.94 bits per heavy atom. The Morgan fingerprint density at radius 3 is 2.55 bits per heavy atom. The van der Waals surface area contributed by atoms with E-state index in [2.05, 4.69) is 20.0 Å². The number of aromatic nitrogens is 2. The number of pyridine rings is 1. The van der Waals surface area contributed by atoms with E-state index in [1.807, 2.05) is 0 Å². The van der Waals surface area contributed by atoms with Crippen molar-refractivity contribution in [2.45, 2.75) is 26.3 Å². The second-order valence-electron chi connectivity index (χ2n) is 8.47. The predicted octanol–water partition coefficient (Wildman–Crippen LogP) is 3.79. The fourth-order valence-corrected chi connectivity index (χ4v) is 3.56. The van der Waals surface area contributed by atoms with Crippen molar-refractivity contribution in [3.63, 3.8) is 0 Å². The molecule has 0 aliphatic carbocycles. The lowest BCUT2D eigenvalue weighted by atomic mass is 9.96. The van der Waals surface area contributed by atoms with Crippen LogP contribution in [0.3, 0.4) is 0 Å². The van der Waals surface area contributed by atoms with E-state index in [0.29, 0.717) is 28.3 Å². The first-order chi connectivity index (χ1) is 15.5. The zero-order chi connectivity index (χ0) is 24.3. The molecule has 2 amide bonds. The van der Waals surface area contributed by atoms with E-state index in [1.54, 1.807) is 58.6 Å². The van der Waals surface area contributed by atoms with Gasteiger partial charge in [0.25, 0.3) is 11.8 Å². The highest BCUT2D eigenvalue weighted by Gasteiger charge is 2.23. The lowest BCUT2D eigenvalue weighted by Gasteiger charge is -2.26. The second-order valence-corrected chi connectivity index (χ2v) is 9.14. The highest BCUT2D eigenvalue weighted by atomic mass is 32.1. The Morgan fingerprint density at radius 1 is 1.21 bits per heavy atom. The van der Waals surface area contributed by atoms with Crippen molar-refractivity contribution in [1.29, 1.82) is 0 Å². The van der Waals surface area contributed by atoms with Crippen LogP contribution in [-0.2, 0) is 0 Å². The molecule has 0 bridgehead atoms. The maximum absolute atomic E-state index is 14.6. The van der Waals surface area contributed by atoms with E-state index in [-0.39, 0.29) is 23.6 Å². The average Bonchev–Trinajstić information content (AvgIpc) is 3.26. The first-order valence-electron chi connectivity index (χ1n) is 10.2. The minimum absolute atomic E-state index is 0.146. The molecule has 0 saturated heterocycles. The third-order valence-corrected chi connectivity index (χ3v) is 5.49. The molecule has 3 rings (SSSR count). The average molecular weight is 472 g/mol. The number of carbonyl (C=O) groups excluding carboxylic acids is 2. The minimum Gasteiger partial charge on any atom is -0.394 e. The van der Waals surface area contributed by atoms with E-state index in [1.165, 1.54) is 28.6 Å². The number of nitrogens with zero attached hydrogens (tertiary/aromatic N) is 3. The van der Waals surface area contributed by atoms with Gasteiger partial charge in [-0.1, -0.05) is 0 Å². The third-order valence-electron chi connectivity index (χ3n) is 4.93. The quantitative estimate of drug-likeness (QED) is 0.484. The zero-order valence-corrected chi connectivity index (χ0v) is 19.9. The third kappa shape index (κ3) is 5.52. The van der Waals surface area contributed by atoms with Gasteiger partial charge in [-0.2, -0.15) is 4.37 Å². The summed E-state index contributed by atoms with van der Waals surface area (Å²) in [5, 5.41) is 17.0. The maximum Gasteiger partial charge on any atom is 0.259 e. The van der Waals surface area contributed by atoms with Gasteiger partial charge < -0.3 is 20.6 Å². The fraction of sp³-hybridized carbons (Fsp3) is 0.304. The van der Waals surface area contributed by atoms with Crippen LogP contribution in [0, 0.1) is 12.7 Å². The summed E-state index contributed by atoms with van der Waals surface area (Å²) < 4.78 is 18.7. The number of aryl methyl sites for hydroxylation is 1. The normalized spacial score (nSPS) is 11.2. The maximum atomic E-state index is 14.6. The smallest absolute Gasteiger partial charge is 0.259 e. The van der Waals surface area contributed by atoms with Gasteiger partial charge in [-0.15, -0.1) is 0 Å². The number of carbonyl (C=O) groups is 2. The van der Waals surface area contributed by atoms with Crippen LogP contribution in [0.5, 0.6) is 0 Å². The number of rotatable bonds is 7. The highest BCUT2D eigenvalue weighted by molar-refractivity contribution is 7.03. The molecule has 3 N–H and O–H groups in total. The van der Waals surface area contributed by atoms with E-state index in [0.717, 1.165) is 0 Å². The van der Waals surface area contributed by atoms with Crippen molar-refractivity contribution in [2.24, 2.45) is 0 Å². The van der Waals surface area contributed by atoms with Crippen LogP contribution in [0.4, 0.5) is 16.0 Å². The standard InChI is InChI=1S/C23H26FN5O3S/c1-13-8-18(24)16(21(31)26-19-6-7-33-28-19)10-15(13)14-9-17(22(32)29(4)5)20(25-11-14)27-23(2,3)12-30/h6-11,30H,12H2,1-5H3,(H,25,27)(H,26,28,31). The first kappa shape index (κ1) is 24.3. The summed E-state index contributed by atoms with van der Waals surface area (Å²) in [7, 11) is 3.25. The summed E-state index contributed by atoms with van der Waals surface area (Å²) in [6.45, 7) is 5.11. The summed E-state index contributed by atoms with van der Waals surface area (Å²) in [5.41, 5.74) is 1.13. The molecule has 0 saturated carbocycles. The SMILES string of the molecule is Cc1cc(F)c(C(=O)Nc2ccsn2)cc1-c1cnc(NC(C)(C)CO)c(C(=O)N(C)C)c1. The monoisotopic (exact) mass is 471 g/mol. The largest absolute Gasteiger partial charge is 0.394 e. The van der Waals surface area contributed by atoms with Crippen LogP contribution in [0.1, 0.15) is 40.1 Å². The van der Waals surface area contributed by atoms with Gasteiger partial charge in [0, 0.05) is 31.2 Å². The van der Waals surface area contributed by atoms with E-state index >= 15 is 0 Å². The van der Waals surface area contributed by atoms with Crippen LogP contribution in [0.25, 0.3) is 11.1 Å². The van der Waals surface area contributed by atoms with Gasteiger partial charge in [0.1, 0.15) is 17.5 Å². The number of aliphatic hydroxyl groups excluding tert-OH is 1. The number of hydrogen-bond donors (Lipinski definition) is 3. The number of hydrogen-bond acceptors (Lipinski definition) is 7. The van der Waals surface area contributed by atoms with Gasteiger partial charge >= 0.3 is 0 Å². The van der Waals surface area contributed by atoms with Crippen molar-refractivity contribution in [2.75, 3.05) is 31.3 Å². The van der Waals surface area contributed by atoms with Crippen molar-refractivity contribution in [1.82, 2.24) is 14.3 Å². The molecule has 10 heteroatoms. The van der Waals surface area contributed by atoms with Crippen molar-refractivity contribution in [3.05, 3.63) is 58.3 Å². The van der Waals surface area contributed by atoms with Crippen LogP contribution in [0.2, 0.25) is 0 Å². The molecule has 3 aromatic rings. The lowest BCUT2D eigenvalue weighted by molar-refractivity contribution is 0.0827. The summed E-state index contributed by atoms with van der Waals surface area (Å²) >= 11 is 1.17. The molecule has 1 aromatic carbocycles. The number of nitrogens with one attached hydrogen (secondary N) is 2. The molecule has 2 heterocycles. The molecule has 33 heavy (non-hydrogen) atoms. The summed E-state index contributed by atoms with van der Waals surface area (Å²) in [4.78, 5) is 31.3. The molecule has 0 unspecified atom stereocenters. The zero-order valence-electron chi connectivity index (χ0n) is 19.1. The van der Waals surface area contributed by atoms with Crippen LogP contribution in [-0.4, -0.2) is 57.4 Å². The van der Waals surface area contributed by atoms with E-state index in [9.17, 15) is 19.1 Å². The van der Waals surface area contributed by atoms with Gasteiger partial charge in [0.15, 0.2) is 0 Å². The van der Waals surface area contributed by atoms with Crippen molar-refractivity contribution < 1.29 is 19.1 Å². The second kappa shape index (κ2) is 9.63. The summed E-state index contributed by atoms with van der Waals surface area (Å²) in [6, 6.07) is 5.99. The van der Waals surface area contributed by atoms with Crippen LogP contribution >= 0.6 is 11.5 Å². The molecule has 2 aromatic heterocycles. The number of halogens is 1. The molecule has 0 fully saturated rings. The number of aliphatic hydroxyl groups is 1. The molecule has 0 spiro atoms. The topological polar surface area (TPSA) is 107 Å². The Hall–Kier alpha value is -3.37.